The second-order valence-corrected chi connectivity index (χ2v) is 10.1. The van der Waals surface area contributed by atoms with Crippen LogP contribution in [0.4, 0.5) is 5.69 Å². The molecule has 4 aromatic rings. The molecular weight excluding hydrogens is 478 g/mol. The van der Waals surface area contributed by atoms with Gasteiger partial charge in [0.25, 0.3) is 5.91 Å². The Balaban J connectivity index is 1.31. The van der Waals surface area contributed by atoms with Gasteiger partial charge in [-0.05, 0) is 41.5 Å². The van der Waals surface area contributed by atoms with Gasteiger partial charge in [0.2, 0.25) is 0 Å². The van der Waals surface area contributed by atoms with Crippen LogP contribution < -0.4 is 10.2 Å². The highest BCUT2D eigenvalue weighted by Gasteiger charge is 2.31. The molecule has 1 N–H and O–H groups in total. The van der Waals surface area contributed by atoms with Crippen molar-refractivity contribution in [3.8, 4) is 11.3 Å². The van der Waals surface area contributed by atoms with E-state index in [0.717, 1.165) is 53.7 Å². The van der Waals surface area contributed by atoms with Gasteiger partial charge in [-0.25, -0.2) is 4.98 Å². The van der Waals surface area contributed by atoms with Crippen LogP contribution in [0.5, 0.6) is 0 Å². The Hall–Kier alpha value is -3.10. The third-order valence-electron chi connectivity index (χ3n) is 6.64. The van der Waals surface area contributed by atoms with Crippen LogP contribution in [0, 0.1) is 0 Å². The van der Waals surface area contributed by atoms with Crippen molar-refractivity contribution in [1.29, 1.82) is 0 Å². The van der Waals surface area contributed by atoms with Crippen molar-refractivity contribution in [2.24, 2.45) is 0 Å². The van der Waals surface area contributed by atoms with E-state index in [4.69, 9.17) is 16.6 Å². The van der Waals surface area contributed by atoms with Crippen molar-refractivity contribution >= 4 is 34.5 Å². The quantitative estimate of drug-likeness (QED) is 0.416. The predicted octanol–water partition coefficient (Wildman–Crippen LogP) is 5.01. The number of amides is 1. The maximum atomic E-state index is 13.1. The number of hydrogen-bond donors (Lipinski definition) is 1. The number of halogens is 1. The van der Waals surface area contributed by atoms with Gasteiger partial charge in [-0.1, -0.05) is 35.9 Å². The fourth-order valence-electron chi connectivity index (χ4n) is 4.90. The van der Waals surface area contributed by atoms with E-state index < -0.39 is 0 Å². The van der Waals surface area contributed by atoms with Crippen molar-refractivity contribution in [1.82, 2.24) is 20.2 Å². The van der Waals surface area contributed by atoms with Crippen molar-refractivity contribution < 1.29 is 4.79 Å². The first kappa shape index (κ1) is 22.4. The van der Waals surface area contributed by atoms with Gasteiger partial charge >= 0.3 is 0 Å². The SMILES string of the molecule is O=C1c2c(Cl)cccc2CN1c1cccc(-c2csc(C(c3ccncc3)N3CCNCC3)n2)c1. The van der Waals surface area contributed by atoms with Crippen LogP contribution in [-0.4, -0.2) is 47.0 Å². The van der Waals surface area contributed by atoms with Crippen LogP contribution in [-0.2, 0) is 6.54 Å². The number of rotatable bonds is 5. The van der Waals surface area contributed by atoms with Gasteiger partial charge < -0.3 is 10.2 Å². The Morgan fingerprint density at radius 2 is 1.83 bits per heavy atom. The number of anilines is 1. The molecular formula is C27H24ClN5OS. The minimum absolute atomic E-state index is 0.0572. The van der Waals surface area contributed by atoms with Crippen LogP contribution in [0.25, 0.3) is 11.3 Å². The average molecular weight is 502 g/mol. The minimum Gasteiger partial charge on any atom is -0.314 e. The lowest BCUT2D eigenvalue weighted by molar-refractivity contribution is 0.0997. The second kappa shape index (κ2) is 9.51. The molecule has 0 spiro atoms. The summed E-state index contributed by atoms with van der Waals surface area (Å²) in [6, 6.07) is 17.9. The number of carbonyl (C=O) groups is 1. The van der Waals surface area contributed by atoms with Crippen molar-refractivity contribution in [3.05, 3.63) is 99.1 Å². The highest BCUT2D eigenvalue weighted by atomic mass is 35.5. The highest BCUT2D eigenvalue weighted by molar-refractivity contribution is 7.10. The topological polar surface area (TPSA) is 61.4 Å². The van der Waals surface area contributed by atoms with E-state index in [-0.39, 0.29) is 11.9 Å². The Labute approximate surface area is 213 Å². The zero-order valence-corrected chi connectivity index (χ0v) is 20.6. The lowest BCUT2D eigenvalue weighted by Gasteiger charge is -2.34. The first-order valence-electron chi connectivity index (χ1n) is 11.7. The lowest BCUT2D eigenvalue weighted by Crippen LogP contribution is -2.45. The summed E-state index contributed by atoms with van der Waals surface area (Å²) in [6.07, 6.45) is 3.69. The molecule has 4 heterocycles. The molecule has 2 aliphatic heterocycles. The second-order valence-electron chi connectivity index (χ2n) is 8.76. The summed E-state index contributed by atoms with van der Waals surface area (Å²) < 4.78 is 0. The Bertz CT molecular complexity index is 1370. The molecule has 1 saturated heterocycles. The van der Waals surface area contributed by atoms with Gasteiger partial charge in [-0.3, -0.25) is 14.7 Å². The molecule has 1 unspecified atom stereocenters. The third-order valence-corrected chi connectivity index (χ3v) is 7.85. The molecule has 8 heteroatoms. The van der Waals surface area contributed by atoms with Gasteiger partial charge in [0.05, 0.1) is 28.9 Å². The maximum absolute atomic E-state index is 13.1. The number of pyridine rings is 1. The molecule has 0 saturated carbocycles. The molecule has 2 aromatic heterocycles. The van der Waals surface area contributed by atoms with Crippen LogP contribution in [0.3, 0.4) is 0 Å². The number of thiazole rings is 1. The van der Waals surface area contributed by atoms with Crippen molar-refractivity contribution in [2.75, 3.05) is 31.1 Å². The normalized spacial score (nSPS) is 16.9. The monoisotopic (exact) mass is 501 g/mol. The van der Waals surface area contributed by atoms with Gasteiger partial charge in [0.1, 0.15) is 5.01 Å². The standard InChI is InChI=1S/C27H24ClN5OS/c28-22-6-2-4-20-16-33(27(34)24(20)22)21-5-1-3-19(15-21)23-17-35-26(31-23)25(18-7-9-29-10-8-18)32-13-11-30-12-14-32/h1-10,15,17,25,30H,11-14,16H2. The largest absolute Gasteiger partial charge is 0.314 e. The number of carbonyl (C=O) groups excluding carboxylic acids is 1. The number of nitrogens with zero attached hydrogens (tertiary/aromatic N) is 4. The summed E-state index contributed by atoms with van der Waals surface area (Å²) in [4.78, 5) is 26.7. The zero-order valence-electron chi connectivity index (χ0n) is 19.0. The summed E-state index contributed by atoms with van der Waals surface area (Å²) in [5, 5.41) is 7.12. The first-order chi connectivity index (χ1) is 17.2. The molecule has 2 aliphatic rings. The summed E-state index contributed by atoms with van der Waals surface area (Å²) in [7, 11) is 0. The molecule has 176 valence electrons. The molecule has 1 fully saturated rings. The molecule has 0 aliphatic carbocycles. The van der Waals surface area contributed by atoms with E-state index in [2.05, 4.69) is 38.8 Å². The molecule has 0 bridgehead atoms. The summed E-state index contributed by atoms with van der Waals surface area (Å²) in [5.74, 6) is -0.0572. The molecule has 0 radical (unpaired) electrons. The minimum atomic E-state index is -0.0572. The Morgan fingerprint density at radius 3 is 2.63 bits per heavy atom. The van der Waals surface area contributed by atoms with E-state index in [9.17, 15) is 4.79 Å². The Kier molecular flexibility index (Phi) is 6.08. The first-order valence-corrected chi connectivity index (χ1v) is 12.9. The van der Waals surface area contributed by atoms with Crippen LogP contribution in [0.15, 0.2) is 72.4 Å². The third kappa shape index (κ3) is 4.25. The van der Waals surface area contributed by atoms with Gasteiger partial charge in [-0.2, -0.15) is 0 Å². The summed E-state index contributed by atoms with van der Waals surface area (Å²) in [5.41, 5.74) is 5.53. The van der Waals surface area contributed by atoms with E-state index >= 15 is 0 Å². The van der Waals surface area contributed by atoms with Gasteiger partial charge in [0.15, 0.2) is 0 Å². The summed E-state index contributed by atoms with van der Waals surface area (Å²) in [6.45, 7) is 4.40. The Morgan fingerprint density at radius 1 is 1.03 bits per heavy atom. The molecule has 1 atom stereocenters. The number of nitrogens with one attached hydrogen (secondary N) is 1. The van der Waals surface area contributed by atoms with Crippen LogP contribution in [0.1, 0.15) is 32.5 Å². The fourth-order valence-corrected chi connectivity index (χ4v) is 6.16. The number of fused-ring (bicyclic) bond motifs is 1. The van der Waals surface area contributed by atoms with Crippen LogP contribution >= 0.6 is 22.9 Å². The van der Waals surface area contributed by atoms with E-state index in [1.807, 2.05) is 42.7 Å². The number of hydrogen-bond acceptors (Lipinski definition) is 6. The number of benzene rings is 2. The van der Waals surface area contributed by atoms with E-state index in [1.54, 1.807) is 22.3 Å². The average Bonchev–Trinajstić information content (AvgIpc) is 3.51. The molecule has 6 rings (SSSR count). The van der Waals surface area contributed by atoms with E-state index in [0.29, 0.717) is 17.1 Å². The lowest BCUT2D eigenvalue weighted by atomic mass is 10.1. The molecule has 6 nitrogen and oxygen atoms in total. The molecule has 2 aromatic carbocycles. The smallest absolute Gasteiger partial charge is 0.260 e. The maximum Gasteiger partial charge on any atom is 0.260 e. The highest BCUT2D eigenvalue weighted by Crippen LogP contribution is 2.36. The van der Waals surface area contributed by atoms with Gasteiger partial charge in [-0.15, -0.1) is 11.3 Å². The van der Waals surface area contributed by atoms with Crippen molar-refractivity contribution in [2.45, 2.75) is 12.6 Å². The predicted molar refractivity (Wildman–Crippen MR) is 140 cm³/mol. The number of aromatic nitrogens is 2. The summed E-state index contributed by atoms with van der Waals surface area (Å²) >= 11 is 8.00. The molecule has 1 amide bonds. The van der Waals surface area contributed by atoms with Crippen molar-refractivity contribution in [3.63, 3.8) is 0 Å². The van der Waals surface area contributed by atoms with Crippen LogP contribution in [0.2, 0.25) is 5.02 Å². The fraction of sp³-hybridized carbons (Fsp3) is 0.222. The number of piperazine rings is 1. The molecule has 35 heavy (non-hydrogen) atoms. The zero-order chi connectivity index (χ0) is 23.8. The van der Waals surface area contributed by atoms with E-state index in [1.165, 1.54) is 5.56 Å². The van der Waals surface area contributed by atoms with Gasteiger partial charge in [0, 0.05) is 55.2 Å².